The second-order valence-corrected chi connectivity index (χ2v) is 14.6. The Labute approximate surface area is 343 Å². The summed E-state index contributed by atoms with van der Waals surface area (Å²) in [6, 6.07) is 54.8. The van der Waals surface area contributed by atoms with Gasteiger partial charge in [0.25, 0.3) is 5.56 Å². The summed E-state index contributed by atoms with van der Waals surface area (Å²) in [7, 11) is 1.36. The molecule has 2 heterocycles. The summed E-state index contributed by atoms with van der Waals surface area (Å²) in [6.07, 6.45) is 1.87. The smallest absolute Gasteiger partial charge is 0.337 e. The van der Waals surface area contributed by atoms with Gasteiger partial charge in [0.1, 0.15) is 11.4 Å². The number of aryl methyl sites for hydroxylation is 2. The highest BCUT2D eigenvalue weighted by molar-refractivity contribution is 5.89. The topological polar surface area (TPSA) is 105 Å². The number of carbonyl (C=O) groups is 1. The van der Waals surface area contributed by atoms with Crippen LogP contribution in [-0.4, -0.2) is 42.8 Å². The van der Waals surface area contributed by atoms with Gasteiger partial charge < -0.3 is 4.74 Å². The van der Waals surface area contributed by atoms with Crippen molar-refractivity contribution in [2.45, 2.75) is 45.2 Å². The summed E-state index contributed by atoms with van der Waals surface area (Å²) < 4.78 is 8.67. The lowest BCUT2D eigenvalue weighted by atomic mass is 9.77. The maximum absolute atomic E-state index is 14.3. The van der Waals surface area contributed by atoms with Gasteiger partial charge in [0.05, 0.1) is 19.2 Å². The lowest BCUT2D eigenvalue weighted by molar-refractivity contribution is 0.0600. The van der Waals surface area contributed by atoms with Crippen molar-refractivity contribution in [1.29, 1.82) is 0 Å². The number of carbonyl (C=O) groups excluding carboxylic acids is 1. The van der Waals surface area contributed by atoms with Gasteiger partial charge in [0.2, 0.25) is 0 Å². The summed E-state index contributed by atoms with van der Waals surface area (Å²) in [5.41, 5.74) is 8.48. The summed E-state index contributed by atoms with van der Waals surface area (Å²) in [4.78, 5) is 31.4. The van der Waals surface area contributed by atoms with Crippen LogP contribution in [0.5, 0.6) is 0 Å². The lowest BCUT2D eigenvalue weighted by Gasteiger charge is -2.36. The Morgan fingerprint density at radius 3 is 1.88 bits per heavy atom. The molecule has 0 N–H and O–H groups in total. The Balaban J connectivity index is 1.18. The van der Waals surface area contributed by atoms with Crippen molar-refractivity contribution in [1.82, 2.24) is 29.8 Å². The number of benzene rings is 6. The lowest BCUT2D eigenvalue weighted by Crippen LogP contribution is -2.39. The normalized spacial score (nSPS) is 11.4. The van der Waals surface area contributed by atoms with E-state index >= 15 is 0 Å². The molecule has 292 valence electrons. The first-order valence-corrected chi connectivity index (χ1v) is 19.8. The van der Waals surface area contributed by atoms with Gasteiger partial charge >= 0.3 is 5.97 Å². The van der Waals surface area contributed by atoms with E-state index in [9.17, 15) is 9.59 Å². The van der Waals surface area contributed by atoms with E-state index < -0.39 is 11.5 Å². The first kappa shape index (κ1) is 38.6. The molecule has 0 saturated carbocycles. The zero-order valence-corrected chi connectivity index (χ0v) is 33.3. The van der Waals surface area contributed by atoms with Gasteiger partial charge in [-0.05, 0) is 74.8 Å². The van der Waals surface area contributed by atoms with Crippen molar-refractivity contribution in [3.8, 4) is 22.5 Å². The molecule has 0 radical (unpaired) electrons. The third kappa shape index (κ3) is 7.50. The molecule has 9 heteroatoms. The Kier molecular flexibility index (Phi) is 11.2. The van der Waals surface area contributed by atoms with Crippen molar-refractivity contribution < 1.29 is 9.53 Å². The fourth-order valence-electron chi connectivity index (χ4n) is 8.06. The molecular formula is C50H44N6O3. The zero-order chi connectivity index (χ0) is 40.8. The second-order valence-electron chi connectivity index (χ2n) is 14.6. The van der Waals surface area contributed by atoms with Gasteiger partial charge in [-0.25, -0.2) is 14.5 Å². The molecular weight excluding hydrogens is 733 g/mol. The SMILES string of the molecule is CCCc1nc(C)c(Cc2cccc(C(=O)OC)c2)c(=O)n1Cc1ccc(-c2ccccc2-c2nnnn2C(c2ccccc2)(c2ccccc2)c2ccccc2)cc1. The van der Waals surface area contributed by atoms with Crippen LogP contribution < -0.4 is 5.56 Å². The molecule has 0 unspecified atom stereocenters. The fraction of sp³-hybridized carbons (Fsp3) is 0.160. The van der Waals surface area contributed by atoms with Crippen molar-refractivity contribution in [2.24, 2.45) is 0 Å². The van der Waals surface area contributed by atoms with Crippen LogP contribution in [0.25, 0.3) is 22.5 Å². The van der Waals surface area contributed by atoms with Gasteiger partial charge in [0.15, 0.2) is 5.82 Å². The predicted octanol–water partition coefficient (Wildman–Crippen LogP) is 9.09. The average molecular weight is 777 g/mol. The van der Waals surface area contributed by atoms with Crippen LogP contribution in [0.3, 0.4) is 0 Å². The average Bonchev–Trinajstić information content (AvgIpc) is 3.78. The monoisotopic (exact) mass is 776 g/mol. The Hall–Kier alpha value is -7.26. The third-order valence-corrected chi connectivity index (χ3v) is 10.9. The van der Waals surface area contributed by atoms with Crippen molar-refractivity contribution in [2.75, 3.05) is 7.11 Å². The molecule has 9 nitrogen and oxygen atoms in total. The zero-order valence-electron chi connectivity index (χ0n) is 33.3. The number of aromatic nitrogens is 6. The first-order valence-electron chi connectivity index (χ1n) is 19.8. The van der Waals surface area contributed by atoms with E-state index in [1.807, 2.05) is 84.4 Å². The molecule has 0 aliphatic rings. The number of esters is 1. The van der Waals surface area contributed by atoms with E-state index in [-0.39, 0.29) is 5.56 Å². The largest absolute Gasteiger partial charge is 0.465 e. The summed E-state index contributed by atoms with van der Waals surface area (Å²) in [5, 5.41) is 13.8. The molecule has 2 aromatic heterocycles. The number of hydrogen-bond donors (Lipinski definition) is 0. The standard InChI is InChI=1S/C50H44N6O3/c1-4-17-46-51-35(2)45(33-37-18-16-19-39(32-37)49(58)59-3)48(57)55(46)34-36-28-30-38(31-29-36)43-26-14-15-27-44(43)47-52-53-54-56(47)50(40-20-8-5-9-21-40,41-22-10-6-11-23-41)42-24-12-7-13-25-42/h5-16,18-32H,4,17,33-34H2,1-3H3. The Morgan fingerprint density at radius 1 is 0.695 bits per heavy atom. The summed E-state index contributed by atoms with van der Waals surface area (Å²) >= 11 is 0. The number of hydrogen-bond acceptors (Lipinski definition) is 7. The van der Waals surface area contributed by atoms with E-state index in [1.165, 1.54) is 7.11 Å². The fourth-order valence-corrected chi connectivity index (χ4v) is 8.06. The molecule has 0 aliphatic heterocycles. The summed E-state index contributed by atoms with van der Waals surface area (Å²) in [5.74, 6) is 0.955. The molecule has 0 saturated heterocycles. The van der Waals surface area contributed by atoms with Crippen LogP contribution in [0.15, 0.2) is 169 Å². The van der Waals surface area contributed by atoms with E-state index in [1.54, 1.807) is 22.8 Å². The molecule has 6 aromatic carbocycles. The number of methoxy groups -OCH3 is 1. The van der Waals surface area contributed by atoms with Crippen LogP contribution in [0.1, 0.15) is 68.6 Å². The van der Waals surface area contributed by atoms with Crippen LogP contribution in [0, 0.1) is 6.92 Å². The quantitative estimate of drug-likeness (QED) is 0.0850. The maximum Gasteiger partial charge on any atom is 0.337 e. The van der Waals surface area contributed by atoms with Crippen molar-refractivity contribution >= 4 is 5.97 Å². The highest BCUT2D eigenvalue weighted by Crippen LogP contribution is 2.43. The van der Waals surface area contributed by atoms with Crippen LogP contribution in [0.4, 0.5) is 0 Å². The number of nitrogens with zero attached hydrogens (tertiary/aromatic N) is 6. The number of rotatable bonds is 13. The molecule has 59 heavy (non-hydrogen) atoms. The van der Waals surface area contributed by atoms with Crippen LogP contribution in [0.2, 0.25) is 0 Å². The Morgan fingerprint density at radius 2 is 1.29 bits per heavy atom. The minimum atomic E-state index is -0.895. The minimum Gasteiger partial charge on any atom is -0.465 e. The first-order chi connectivity index (χ1) is 28.9. The van der Waals surface area contributed by atoms with E-state index in [2.05, 4.69) is 84.9 Å². The molecule has 0 bridgehead atoms. The van der Waals surface area contributed by atoms with Gasteiger partial charge in [-0.2, -0.15) is 0 Å². The molecule has 0 atom stereocenters. The molecule has 0 amide bonds. The van der Waals surface area contributed by atoms with Crippen molar-refractivity contribution in [3.05, 3.63) is 225 Å². The highest BCUT2D eigenvalue weighted by atomic mass is 16.5. The van der Waals surface area contributed by atoms with E-state index in [4.69, 9.17) is 20.0 Å². The molecule has 8 rings (SSSR count). The summed E-state index contributed by atoms with van der Waals surface area (Å²) in [6.45, 7) is 4.34. The van der Waals surface area contributed by atoms with Gasteiger partial charge in [-0.1, -0.05) is 159 Å². The third-order valence-electron chi connectivity index (χ3n) is 10.9. The minimum absolute atomic E-state index is 0.0792. The van der Waals surface area contributed by atoms with Gasteiger partial charge in [-0.3, -0.25) is 9.36 Å². The predicted molar refractivity (Wildman–Crippen MR) is 230 cm³/mol. The van der Waals surface area contributed by atoms with Crippen LogP contribution >= 0.6 is 0 Å². The van der Waals surface area contributed by atoms with Crippen molar-refractivity contribution in [3.63, 3.8) is 0 Å². The van der Waals surface area contributed by atoms with Crippen LogP contribution in [-0.2, 0) is 29.7 Å². The van der Waals surface area contributed by atoms with Gasteiger partial charge in [-0.15, -0.1) is 5.10 Å². The van der Waals surface area contributed by atoms with Gasteiger partial charge in [0, 0.05) is 29.7 Å². The molecule has 0 aliphatic carbocycles. The maximum atomic E-state index is 14.3. The second kappa shape index (κ2) is 17.1. The molecule has 0 fully saturated rings. The highest BCUT2D eigenvalue weighted by Gasteiger charge is 2.42. The molecule has 0 spiro atoms. The number of tetrazole rings is 1. The van der Waals surface area contributed by atoms with E-state index in [0.717, 1.165) is 56.8 Å². The van der Waals surface area contributed by atoms with E-state index in [0.29, 0.717) is 42.0 Å². The molecule has 8 aromatic rings. The number of ether oxygens (including phenoxy) is 1. The Bertz CT molecular complexity index is 2670.